The summed E-state index contributed by atoms with van der Waals surface area (Å²) in [5.41, 5.74) is 4.88. The predicted octanol–water partition coefficient (Wildman–Crippen LogP) is 3.93. The quantitative estimate of drug-likeness (QED) is 0.689. The summed E-state index contributed by atoms with van der Waals surface area (Å²) in [6.07, 6.45) is 1.13. The Morgan fingerprint density at radius 2 is 1.91 bits per heavy atom. The summed E-state index contributed by atoms with van der Waals surface area (Å²) in [5.74, 6) is -0.493. The zero-order valence-corrected chi connectivity index (χ0v) is 12.9. The van der Waals surface area contributed by atoms with Crippen LogP contribution < -0.4 is 4.90 Å². The molecule has 0 aliphatic heterocycles. The third-order valence-electron chi connectivity index (χ3n) is 3.91. The molecule has 2 amide bonds. The van der Waals surface area contributed by atoms with Gasteiger partial charge in [0.1, 0.15) is 0 Å². The van der Waals surface area contributed by atoms with Crippen LogP contribution in [0.3, 0.4) is 0 Å². The van der Waals surface area contributed by atoms with E-state index in [1.165, 1.54) is 5.56 Å². The lowest BCUT2D eigenvalue weighted by atomic mass is 10.0. The largest absolute Gasteiger partial charge is 0.449 e. The van der Waals surface area contributed by atoms with E-state index in [-0.39, 0.29) is 6.61 Å². The number of imide groups is 1. The Labute approximate surface area is 135 Å². The van der Waals surface area contributed by atoms with Crippen LogP contribution in [0, 0.1) is 0 Å². The number of ether oxygens (including phenoxy) is 1. The van der Waals surface area contributed by atoms with Gasteiger partial charge < -0.3 is 4.74 Å². The fourth-order valence-corrected chi connectivity index (χ4v) is 2.94. The van der Waals surface area contributed by atoms with Gasteiger partial charge in [0.2, 0.25) is 0 Å². The molecular weight excluding hydrogens is 290 g/mol. The van der Waals surface area contributed by atoms with Gasteiger partial charge in [0.05, 0.1) is 12.3 Å². The lowest BCUT2D eigenvalue weighted by molar-refractivity contribution is -0.113. The van der Waals surface area contributed by atoms with Crippen molar-refractivity contribution < 1.29 is 14.3 Å². The number of benzene rings is 2. The number of amides is 2. The van der Waals surface area contributed by atoms with Crippen LogP contribution in [0.15, 0.2) is 55.1 Å². The smallest absolute Gasteiger partial charge is 0.421 e. The van der Waals surface area contributed by atoms with Crippen molar-refractivity contribution >= 4 is 17.7 Å². The SMILES string of the molecule is C=CC(=O)N(C(=O)OCC)c1cccc2c1Cc1ccccc1-2. The van der Waals surface area contributed by atoms with Crippen molar-refractivity contribution in [2.24, 2.45) is 0 Å². The molecule has 23 heavy (non-hydrogen) atoms. The predicted molar refractivity (Wildman–Crippen MR) is 89.4 cm³/mol. The summed E-state index contributed by atoms with van der Waals surface area (Å²) in [6.45, 7) is 5.40. The molecule has 4 heteroatoms. The van der Waals surface area contributed by atoms with E-state index >= 15 is 0 Å². The maximum absolute atomic E-state index is 12.3. The summed E-state index contributed by atoms with van der Waals surface area (Å²) >= 11 is 0. The molecule has 0 atom stereocenters. The molecular formula is C19H17NO3. The van der Waals surface area contributed by atoms with Crippen LogP contribution in [0.2, 0.25) is 0 Å². The first-order chi connectivity index (χ1) is 11.2. The number of nitrogens with zero attached hydrogens (tertiary/aromatic N) is 1. The van der Waals surface area contributed by atoms with Gasteiger partial charge in [0.15, 0.2) is 0 Å². The van der Waals surface area contributed by atoms with Crippen molar-refractivity contribution in [2.45, 2.75) is 13.3 Å². The van der Waals surface area contributed by atoms with Gasteiger partial charge in [0, 0.05) is 6.42 Å². The molecule has 0 aromatic heterocycles. The Morgan fingerprint density at radius 3 is 2.65 bits per heavy atom. The van der Waals surface area contributed by atoms with Gasteiger partial charge >= 0.3 is 6.09 Å². The van der Waals surface area contributed by atoms with Gasteiger partial charge in [-0.05, 0) is 41.3 Å². The molecule has 0 fully saturated rings. The maximum atomic E-state index is 12.3. The van der Waals surface area contributed by atoms with Crippen molar-refractivity contribution in [2.75, 3.05) is 11.5 Å². The lowest BCUT2D eigenvalue weighted by Crippen LogP contribution is -2.37. The highest BCUT2D eigenvalue weighted by molar-refractivity contribution is 6.17. The summed E-state index contributed by atoms with van der Waals surface area (Å²) < 4.78 is 5.04. The van der Waals surface area contributed by atoms with E-state index in [1.807, 2.05) is 24.3 Å². The van der Waals surface area contributed by atoms with Crippen LogP contribution >= 0.6 is 0 Å². The standard InChI is InChI=1S/C19H17NO3/c1-3-18(21)20(19(22)23-4-2)17-11-7-10-15-14-9-6-5-8-13(14)12-16(15)17/h3,5-11H,1,4,12H2,2H3. The van der Waals surface area contributed by atoms with Crippen LogP contribution in [0.5, 0.6) is 0 Å². The number of fused-ring (bicyclic) bond motifs is 3. The number of carbonyl (C=O) groups is 2. The molecule has 1 aliphatic carbocycles. The van der Waals surface area contributed by atoms with Crippen molar-refractivity contribution in [3.8, 4) is 11.1 Å². The first kappa shape index (κ1) is 15.0. The molecule has 116 valence electrons. The third kappa shape index (κ3) is 2.52. The minimum atomic E-state index is -0.679. The molecule has 0 saturated heterocycles. The van der Waals surface area contributed by atoms with E-state index in [9.17, 15) is 9.59 Å². The number of carbonyl (C=O) groups excluding carboxylic acids is 2. The van der Waals surface area contributed by atoms with Gasteiger partial charge in [-0.3, -0.25) is 4.79 Å². The molecule has 2 aromatic carbocycles. The summed E-state index contributed by atoms with van der Waals surface area (Å²) in [5, 5.41) is 0. The summed E-state index contributed by atoms with van der Waals surface area (Å²) in [6, 6.07) is 13.7. The number of hydrogen-bond acceptors (Lipinski definition) is 3. The molecule has 3 rings (SSSR count). The zero-order valence-electron chi connectivity index (χ0n) is 12.9. The van der Waals surface area contributed by atoms with Gasteiger partial charge in [-0.1, -0.05) is 43.0 Å². The molecule has 0 radical (unpaired) electrons. The normalized spacial score (nSPS) is 11.3. The highest BCUT2D eigenvalue weighted by atomic mass is 16.6. The molecule has 4 nitrogen and oxygen atoms in total. The van der Waals surface area contributed by atoms with E-state index in [2.05, 4.69) is 18.7 Å². The summed E-state index contributed by atoms with van der Waals surface area (Å²) in [4.78, 5) is 25.5. The molecule has 2 aromatic rings. The Hall–Kier alpha value is -2.88. The maximum Gasteiger partial charge on any atom is 0.421 e. The number of hydrogen-bond donors (Lipinski definition) is 0. The van der Waals surface area contributed by atoms with Crippen LogP contribution in [0.4, 0.5) is 10.5 Å². The minimum absolute atomic E-state index is 0.203. The van der Waals surface area contributed by atoms with E-state index in [1.54, 1.807) is 13.0 Å². The van der Waals surface area contributed by atoms with Crippen molar-refractivity contribution in [3.05, 3.63) is 66.2 Å². The van der Waals surface area contributed by atoms with E-state index in [4.69, 9.17) is 4.74 Å². The molecule has 0 heterocycles. The topological polar surface area (TPSA) is 46.6 Å². The van der Waals surface area contributed by atoms with Crippen molar-refractivity contribution in [1.29, 1.82) is 0 Å². The van der Waals surface area contributed by atoms with Gasteiger partial charge in [-0.15, -0.1) is 0 Å². The highest BCUT2D eigenvalue weighted by Gasteiger charge is 2.29. The Kier molecular flexibility index (Phi) is 3.98. The van der Waals surface area contributed by atoms with E-state index < -0.39 is 12.0 Å². The fraction of sp³-hybridized carbons (Fsp3) is 0.158. The first-order valence-electron chi connectivity index (χ1n) is 7.50. The van der Waals surface area contributed by atoms with Gasteiger partial charge in [0.25, 0.3) is 5.91 Å². The van der Waals surface area contributed by atoms with Gasteiger partial charge in [-0.2, -0.15) is 0 Å². The third-order valence-corrected chi connectivity index (χ3v) is 3.91. The van der Waals surface area contributed by atoms with E-state index in [0.29, 0.717) is 12.1 Å². The average Bonchev–Trinajstić information content (AvgIpc) is 2.95. The average molecular weight is 307 g/mol. The van der Waals surface area contributed by atoms with Crippen LogP contribution in [-0.2, 0) is 16.0 Å². The Bertz CT molecular complexity index is 795. The molecule has 0 spiro atoms. The van der Waals surface area contributed by atoms with Crippen LogP contribution in [0.1, 0.15) is 18.1 Å². The lowest BCUT2D eigenvalue weighted by Gasteiger charge is -2.21. The Balaban J connectivity index is 2.12. The number of rotatable bonds is 3. The second-order valence-corrected chi connectivity index (χ2v) is 5.21. The monoisotopic (exact) mass is 307 g/mol. The molecule has 0 N–H and O–H groups in total. The molecule has 0 unspecified atom stereocenters. The summed E-state index contributed by atoms with van der Waals surface area (Å²) in [7, 11) is 0. The molecule has 1 aliphatic rings. The van der Waals surface area contributed by atoms with Crippen molar-refractivity contribution in [1.82, 2.24) is 0 Å². The fourth-order valence-electron chi connectivity index (χ4n) is 2.94. The minimum Gasteiger partial charge on any atom is -0.449 e. The second-order valence-electron chi connectivity index (χ2n) is 5.21. The van der Waals surface area contributed by atoms with Crippen LogP contribution in [-0.4, -0.2) is 18.6 Å². The molecule has 0 bridgehead atoms. The Morgan fingerprint density at radius 1 is 1.17 bits per heavy atom. The highest BCUT2D eigenvalue weighted by Crippen LogP contribution is 2.41. The first-order valence-corrected chi connectivity index (χ1v) is 7.50. The van der Waals surface area contributed by atoms with Crippen LogP contribution in [0.25, 0.3) is 11.1 Å². The van der Waals surface area contributed by atoms with E-state index in [0.717, 1.165) is 27.7 Å². The zero-order chi connectivity index (χ0) is 16.4. The number of anilines is 1. The van der Waals surface area contributed by atoms with Gasteiger partial charge in [-0.25, -0.2) is 9.69 Å². The molecule has 0 saturated carbocycles. The van der Waals surface area contributed by atoms with Crippen molar-refractivity contribution in [3.63, 3.8) is 0 Å². The second kappa shape index (κ2) is 6.08.